The molecule has 0 saturated heterocycles. The summed E-state index contributed by atoms with van der Waals surface area (Å²) < 4.78 is 6.78. The average molecular weight is 1070 g/mol. The van der Waals surface area contributed by atoms with E-state index in [2.05, 4.69) is 304 Å². The van der Waals surface area contributed by atoms with E-state index in [9.17, 15) is 0 Å². The van der Waals surface area contributed by atoms with Crippen LogP contribution in [0.4, 0.5) is 0 Å². The topological polar surface area (TPSA) is 13.1 Å². The Kier molecular flexibility index (Phi) is 11.8. The molecule has 0 fully saturated rings. The van der Waals surface area contributed by atoms with Crippen LogP contribution in [0.2, 0.25) is 0 Å². The van der Waals surface area contributed by atoms with Crippen LogP contribution in [0, 0.1) is 6.92 Å². The molecule has 0 amide bonds. The highest BCUT2D eigenvalue weighted by Crippen LogP contribution is 2.65. The van der Waals surface area contributed by atoms with Crippen molar-refractivity contribution in [1.29, 1.82) is 0 Å². The summed E-state index contributed by atoms with van der Waals surface area (Å²) in [4.78, 5) is 0. The Balaban J connectivity index is 1.05. The van der Waals surface area contributed by atoms with Crippen molar-refractivity contribution in [3.63, 3.8) is 0 Å². The third kappa shape index (κ3) is 8.00. The smallest absolute Gasteiger partial charge is 0.135 e. The minimum Gasteiger partial charge on any atom is -0.464 e. The highest BCUT2D eigenvalue weighted by Gasteiger charge is 2.44. The molecule has 84 heavy (non-hydrogen) atoms. The number of hydrogen-bond acceptors (Lipinski definition) is 1. The maximum Gasteiger partial charge on any atom is 0.135 e. The summed E-state index contributed by atoms with van der Waals surface area (Å²) in [6.07, 6.45) is 1.83. The monoisotopic (exact) mass is 1070 g/mol. The van der Waals surface area contributed by atoms with Crippen molar-refractivity contribution in [3.05, 3.63) is 354 Å². The number of rotatable bonds is 10. The molecule has 1 heteroatoms. The normalized spacial score (nSPS) is 12.9. The van der Waals surface area contributed by atoms with Gasteiger partial charge in [0.2, 0.25) is 0 Å². The zero-order valence-electron chi connectivity index (χ0n) is 46.4. The van der Waals surface area contributed by atoms with Gasteiger partial charge >= 0.3 is 0 Å². The van der Waals surface area contributed by atoms with Crippen LogP contribution in [0.3, 0.4) is 0 Å². The molecule has 1 aromatic heterocycles. The summed E-state index contributed by atoms with van der Waals surface area (Å²) in [6, 6.07) is 112. The van der Waals surface area contributed by atoms with E-state index in [1.165, 1.54) is 121 Å². The van der Waals surface area contributed by atoms with E-state index in [0.29, 0.717) is 0 Å². The van der Waals surface area contributed by atoms with Gasteiger partial charge in [0.1, 0.15) is 5.76 Å². The van der Waals surface area contributed by atoms with Crippen LogP contribution in [-0.2, 0) is 0 Å². The standard InChI is InChI=1S/C83H54O/c1-53-73(60-24-5-2-6-25-60)75(61-26-7-3-8-27-61)80(72-39-20-52-84-72)81-74(53)82-77(62-28-9-4-10-29-62)76(63-46-40-57(41-47-63)69-36-17-30-54-21-11-14-33-66(54)69)78(64-48-42-58(43-49-64)70-37-18-31-55-22-12-15-34-67(55)70)83(82)79(81)65-50-44-59(45-51-65)71-38-19-32-56-23-13-16-35-68(56)71/h2-52H,1H3. The molecular formula is C83H54O. The molecule has 392 valence electrons. The predicted octanol–water partition coefficient (Wildman–Crippen LogP) is 22.4. The molecule has 2 aliphatic rings. The first-order chi connectivity index (χ1) is 41.6. The lowest BCUT2D eigenvalue weighted by Crippen LogP contribution is -2.03. The van der Waals surface area contributed by atoms with Crippen LogP contribution in [0.15, 0.2) is 320 Å². The van der Waals surface area contributed by atoms with Crippen LogP contribution in [0.25, 0.3) is 127 Å². The van der Waals surface area contributed by atoms with Crippen molar-refractivity contribution in [2.45, 2.75) is 6.92 Å². The maximum atomic E-state index is 6.78. The van der Waals surface area contributed by atoms with Crippen LogP contribution >= 0.6 is 0 Å². The van der Waals surface area contributed by atoms with Gasteiger partial charge in [-0.15, -0.1) is 0 Å². The Bertz CT molecular complexity index is 4970. The molecular weight excluding hydrogens is 1010 g/mol. The SMILES string of the molecule is Cc1c2c(c(-c3ccco3)c(-c3ccccc3)c1-c1ccccc1)C(c1ccc(-c3cccc4ccccc34)cc1)=C1C(c3ccc(-c4cccc5ccccc45)cc3)=C(c3ccc(-c4cccc5ccccc45)cc3)C(c3ccccc3)=C12. The Morgan fingerprint density at radius 1 is 0.202 bits per heavy atom. The van der Waals surface area contributed by atoms with Crippen molar-refractivity contribution in [1.82, 2.24) is 0 Å². The third-order valence-electron chi connectivity index (χ3n) is 17.5. The Labute approximate surface area is 489 Å². The van der Waals surface area contributed by atoms with Gasteiger partial charge in [0, 0.05) is 16.7 Å². The van der Waals surface area contributed by atoms with Crippen molar-refractivity contribution >= 4 is 60.2 Å². The summed E-state index contributed by atoms with van der Waals surface area (Å²) in [5.41, 5.74) is 28.3. The number of furan rings is 1. The number of benzene rings is 13. The van der Waals surface area contributed by atoms with Crippen LogP contribution in [-0.4, -0.2) is 0 Å². The third-order valence-corrected chi connectivity index (χ3v) is 17.5. The fourth-order valence-corrected chi connectivity index (χ4v) is 13.9. The van der Waals surface area contributed by atoms with Crippen molar-refractivity contribution in [2.75, 3.05) is 0 Å². The summed E-state index contributed by atoms with van der Waals surface area (Å²) in [5, 5.41) is 7.40. The lowest BCUT2D eigenvalue weighted by Gasteiger charge is -2.25. The largest absolute Gasteiger partial charge is 0.464 e. The first-order valence-corrected chi connectivity index (χ1v) is 29.1. The van der Waals surface area contributed by atoms with Gasteiger partial charge in [0.25, 0.3) is 0 Å². The molecule has 1 nitrogen and oxygen atoms in total. The molecule has 0 radical (unpaired) electrons. The van der Waals surface area contributed by atoms with Crippen molar-refractivity contribution in [2.24, 2.45) is 0 Å². The lowest BCUT2D eigenvalue weighted by atomic mass is 9.78. The molecule has 0 bridgehead atoms. The molecule has 1 heterocycles. The molecule has 0 unspecified atom stereocenters. The average Bonchev–Trinajstić information content (AvgIpc) is 4.01. The quantitative estimate of drug-likeness (QED) is 0.133. The van der Waals surface area contributed by atoms with E-state index < -0.39 is 0 Å². The Morgan fingerprint density at radius 2 is 0.548 bits per heavy atom. The molecule has 2 aliphatic carbocycles. The number of fused-ring (bicyclic) bond motifs is 6. The minimum absolute atomic E-state index is 0.823. The summed E-state index contributed by atoms with van der Waals surface area (Å²) in [6.45, 7) is 2.37. The summed E-state index contributed by atoms with van der Waals surface area (Å²) in [7, 11) is 0. The first kappa shape index (κ1) is 49.0. The van der Waals surface area contributed by atoms with E-state index in [-0.39, 0.29) is 0 Å². The van der Waals surface area contributed by atoms with E-state index in [0.717, 1.165) is 50.3 Å². The molecule has 0 aliphatic heterocycles. The minimum atomic E-state index is 0.823. The second-order valence-electron chi connectivity index (χ2n) is 22.1. The number of allylic oxidation sites excluding steroid dienone is 5. The van der Waals surface area contributed by atoms with Gasteiger partial charge in [-0.1, -0.05) is 291 Å². The van der Waals surface area contributed by atoms with Gasteiger partial charge in [0.15, 0.2) is 0 Å². The molecule has 0 saturated carbocycles. The molecule has 16 rings (SSSR count). The van der Waals surface area contributed by atoms with Gasteiger partial charge in [0.05, 0.1) is 6.26 Å². The van der Waals surface area contributed by atoms with Crippen LogP contribution < -0.4 is 0 Å². The zero-order valence-corrected chi connectivity index (χ0v) is 46.4. The molecule has 14 aromatic rings. The van der Waals surface area contributed by atoms with Gasteiger partial charge in [-0.05, 0) is 168 Å². The van der Waals surface area contributed by atoms with E-state index in [4.69, 9.17) is 4.42 Å². The maximum absolute atomic E-state index is 6.78. The molecule has 0 atom stereocenters. The number of hydrogen-bond donors (Lipinski definition) is 0. The fourth-order valence-electron chi connectivity index (χ4n) is 13.9. The molecule has 0 N–H and O–H groups in total. The fraction of sp³-hybridized carbons (Fsp3) is 0.0120. The van der Waals surface area contributed by atoms with Crippen molar-refractivity contribution < 1.29 is 4.42 Å². The van der Waals surface area contributed by atoms with Gasteiger partial charge < -0.3 is 4.42 Å². The predicted molar refractivity (Wildman–Crippen MR) is 354 cm³/mol. The second kappa shape index (κ2) is 20.3. The zero-order chi connectivity index (χ0) is 55.7. The van der Waals surface area contributed by atoms with Crippen LogP contribution in [0.1, 0.15) is 38.9 Å². The lowest BCUT2D eigenvalue weighted by molar-refractivity contribution is 0.582. The molecule has 0 spiro atoms. The highest BCUT2D eigenvalue weighted by molar-refractivity contribution is 6.40. The Hall–Kier alpha value is -10.9. The van der Waals surface area contributed by atoms with Gasteiger partial charge in [-0.3, -0.25) is 0 Å². The highest BCUT2D eigenvalue weighted by atomic mass is 16.3. The summed E-state index contributed by atoms with van der Waals surface area (Å²) in [5.74, 6) is 0.823. The van der Waals surface area contributed by atoms with Gasteiger partial charge in [-0.25, -0.2) is 0 Å². The Morgan fingerprint density at radius 3 is 0.988 bits per heavy atom. The second-order valence-corrected chi connectivity index (χ2v) is 22.1. The van der Waals surface area contributed by atoms with E-state index >= 15 is 0 Å². The van der Waals surface area contributed by atoms with Gasteiger partial charge in [-0.2, -0.15) is 0 Å². The van der Waals surface area contributed by atoms with Crippen molar-refractivity contribution in [3.8, 4) is 67.0 Å². The first-order valence-electron chi connectivity index (χ1n) is 29.1. The van der Waals surface area contributed by atoms with Crippen LogP contribution in [0.5, 0.6) is 0 Å². The van der Waals surface area contributed by atoms with E-state index in [1.54, 1.807) is 0 Å². The molecule has 13 aromatic carbocycles. The van der Waals surface area contributed by atoms with E-state index in [1.807, 2.05) is 12.3 Å². The summed E-state index contributed by atoms with van der Waals surface area (Å²) >= 11 is 0.